The predicted octanol–water partition coefficient (Wildman–Crippen LogP) is 2.28. The van der Waals surface area contributed by atoms with Gasteiger partial charge in [-0.1, -0.05) is 44.2 Å². The van der Waals surface area contributed by atoms with Crippen LogP contribution in [0.1, 0.15) is 30.6 Å². The highest BCUT2D eigenvalue weighted by molar-refractivity contribution is 5.93. The van der Waals surface area contributed by atoms with E-state index in [1.807, 2.05) is 44.2 Å². The highest BCUT2D eigenvalue weighted by Crippen LogP contribution is 2.13. The number of hydrogen-bond acceptors (Lipinski definition) is 4. The number of hydrogen-bond donors (Lipinski definition) is 2. The fraction of sp³-hybridized carbons (Fsp3) is 0.353. The van der Waals surface area contributed by atoms with Gasteiger partial charge in [0, 0.05) is 24.5 Å². The van der Waals surface area contributed by atoms with Crippen LogP contribution in [-0.4, -0.2) is 33.6 Å². The Hall–Kier alpha value is -2.27. The maximum atomic E-state index is 12.0. The van der Waals surface area contributed by atoms with Gasteiger partial charge in [0.1, 0.15) is 0 Å². The van der Waals surface area contributed by atoms with Gasteiger partial charge in [0.2, 0.25) is 0 Å². The van der Waals surface area contributed by atoms with E-state index in [-0.39, 0.29) is 12.5 Å². The molecule has 22 heavy (non-hydrogen) atoms. The van der Waals surface area contributed by atoms with Gasteiger partial charge in [-0.3, -0.25) is 4.79 Å². The van der Waals surface area contributed by atoms with Crippen molar-refractivity contribution in [3.05, 3.63) is 48.3 Å². The van der Waals surface area contributed by atoms with Crippen LogP contribution >= 0.6 is 0 Å². The molecule has 0 fully saturated rings. The average Bonchev–Trinajstić information content (AvgIpc) is 2.53. The minimum atomic E-state index is -0.534. The number of amides is 1. The van der Waals surface area contributed by atoms with Crippen LogP contribution in [0.3, 0.4) is 0 Å². The molecular weight excluding hydrogens is 278 g/mol. The lowest BCUT2D eigenvalue weighted by Gasteiger charge is -2.13. The van der Waals surface area contributed by atoms with Crippen molar-refractivity contribution in [2.24, 2.45) is 5.92 Å². The number of nitrogens with zero attached hydrogens (tertiary/aromatic N) is 2. The fourth-order valence-electron chi connectivity index (χ4n) is 2.12. The van der Waals surface area contributed by atoms with Gasteiger partial charge in [0.05, 0.1) is 11.7 Å². The molecule has 1 atom stereocenters. The van der Waals surface area contributed by atoms with Gasteiger partial charge in [0.15, 0.2) is 5.82 Å². The number of rotatable bonds is 6. The Balaban J connectivity index is 1.94. The molecule has 0 spiro atoms. The van der Waals surface area contributed by atoms with Gasteiger partial charge in [-0.05, 0) is 12.3 Å². The maximum Gasteiger partial charge on any atom is 0.254 e. The van der Waals surface area contributed by atoms with E-state index in [4.69, 9.17) is 0 Å². The number of aliphatic hydroxyl groups is 1. The molecule has 5 heteroatoms. The lowest BCUT2D eigenvalue weighted by molar-refractivity contribution is 0.0899. The molecule has 0 radical (unpaired) electrons. The summed E-state index contributed by atoms with van der Waals surface area (Å²) in [5, 5.41) is 12.5. The molecular formula is C17H21N3O2. The van der Waals surface area contributed by atoms with Gasteiger partial charge in [-0.2, -0.15) is 0 Å². The Kier molecular flexibility index (Phi) is 5.61. The fourth-order valence-corrected chi connectivity index (χ4v) is 2.12. The Morgan fingerprint density at radius 2 is 1.82 bits per heavy atom. The standard InChI is InChI=1S/C17H21N3O2/c1-12(2)8-15(21)11-20-17(22)14-9-18-16(19-10-14)13-6-4-3-5-7-13/h3-7,9-10,12,15,21H,8,11H2,1-2H3,(H,20,22). The largest absolute Gasteiger partial charge is 0.391 e. The van der Waals surface area contributed by atoms with Crippen molar-refractivity contribution in [2.45, 2.75) is 26.4 Å². The summed E-state index contributed by atoms with van der Waals surface area (Å²) in [6, 6.07) is 9.58. The van der Waals surface area contributed by atoms with Crippen molar-refractivity contribution in [3.63, 3.8) is 0 Å². The zero-order valence-corrected chi connectivity index (χ0v) is 12.9. The van der Waals surface area contributed by atoms with Crippen LogP contribution in [0.2, 0.25) is 0 Å². The van der Waals surface area contributed by atoms with Gasteiger partial charge >= 0.3 is 0 Å². The van der Waals surface area contributed by atoms with Crippen LogP contribution in [-0.2, 0) is 0 Å². The van der Waals surface area contributed by atoms with E-state index in [2.05, 4.69) is 15.3 Å². The van der Waals surface area contributed by atoms with Crippen molar-refractivity contribution < 1.29 is 9.90 Å². The second-order valence-corrected chi connectivity index (χ2v) is 5.65. The normalized spacial score (nSPS) is 12.2. The topological polar surface area (TPSA) is 75.1 Å². The second kappa shape index (κ2) is 7.66. The lowest BCUT2D eigenvalue weighted by Crippen LogP contribution is -2.32. The molecule has 2 rings (SSSR count). The number of carbonyl (C=O) groups excluding carboxylic acids is 1. The minimum absolute atomic E-state index is 0.234. The Labute approximate surface area is 130 Å². The molecule has 116 valence electrons. The molecule has 0 saturated carbocycles. The molecule has 0 saturated heterocycles. The first kappa shape index (κ1) is 16.1. The first-order valence-corrected chi connectivity index (χ1v) is 7.40. The Morgan fingerprint density at radius 3 is 2.41 bits per heavy atom. The third-order valence-corrected chi connectivity index (χ3v) is 3.19. The lowest BCUT2D eigenvalue weighted by atomic mass is 10.1. The second-order valence-electron chi connectivity index (χ2n) is 5.65. The Bertz CT molecular complexity index is 597. The first-order valence-electron chi connectivity index (χ1n) is 7.40. The maximum absolute atomic E-state index is 12.0. The molecule has 1 aromatic heterocycles. The molecule has 1 aromatic carbocycles. The Morgan fingerprint density at radius 1 is 1.18 bits per heavy atom. The summed E-state index contributed by atoms with van der Waals surface area (Å²) in [6.45, 7) is 4.29. The zero-order chi connectivity index (χ0) is 15.9. The number of carbonyl (C=O) groups is 1. The van der Waals surface area contributed by atoms with Crippen LogP contribution in [0, 0.1) is 5.92 Å². The summed E-state index contributed by atoms with van der Waals surface area (Å²) in [6.07, 6.45) is 3.12. The molecule has 2 N–H and O–H groups in total. The van der Waals surface area contributed by atoms with Gasteiger partial charge in [-0.15, -0.1) is 0 Å². The monoisotopic (exact) mass is 299 g/mol. The quantitative estimate of drug-likeness (QED) is 0.858. The van der Waals surface area contributed by atoms with Crippen molar-refractivity contribution in [2.75, 3.05) is 6.54 Å². The van der Waals surface area contributed by atoms with E-state index in [0.717, 1.165) is 5.56 Å². The average molecular weight is 299 g/mol. The van der Waals surface area contributed by atoms with Crippen molar-refractivity contribution in [3.8, 4) is 11.4 Å². The molecule has 0 bridgehead atoms. The molecule has 0 aliphatic heterocycles. The third kappa shape index (κ3) is 4.63. The van der Waals surface area contributed by atoms with Crippen molar-refractivity contribution in [1.29, 1.82) is 0 Å². The third-order valence-electron chi connectivity index (χ3n) is 3.19. The number of aromatic nitrogens is 2. The molecule has 5 nitrogen and oxygen atoms in total. The predicted molar refractivity (Wildman–Crippen MR) is 85.3 cm³/mol. The number of nitrogens with one attached hydrogen (secondary N) is 1. The molecule has 1 amide bonds. The highest BCUT2D eigenvalue weighted by Gasteiger charge is 2.11. The van der Waals surface area contributed by atoms with E-state index in [9.17, 15) is 9.90 Å². The van der Waals surface area contributed by atoms with Crippen molar-refractivity contribution in [1.82, 2.24) is 15.3 Å². The van der Waals surface area contributed by atoms with Crippen LogP contribution in [0.4, 0.5) is 0 Å². The summed E-state index contributed by atoms with van der Waals surface area (Å²) < 4.78 is 0. The summed E-state index contributed by atoms with van der Waals surface area (Å²) in [4.78, 5) is 20.4. The smallest absolute Gasteiger partial charge is 0.254 e. The van der Waals surface area contributed by atoms with E-state index < -0.39 is 6.10 Å². The van der Waals surface area contributed by atoms with Crippen LogP contribution < -0.4 is 5.32 Å². The number of benzene rings is 1. The van der Waals surface area contributed by atoms with Gasteiger partial charge in [-0.25, -0.2) is 9.97 Å². The van der Waals surface area contributed by atoms with E-state index >= 15 is 0 Å². The molecule has 1 unspecified atom stereocenters. The van der Waals surface area contributed by atoms with Gasteiger partial charge in [0.25, 0.3) is 5.91 Å². The van der Waals surface area contributed by atoms with E-state index in [1.54, 1.807) is 0 Å². The van der Waals surface area contributed by atoms with E-state index in [0.29, 0.717) is 23.7 Å². The molecule has 1 heterocycles. The molecule has 0 aliphatic carbocycles. The summed E-state index contributed by atoms with van der Waals surface area (Å²) >= 11 is 0. The molecule has 2 aromatic rings. The minimum Gasteiger partial charge on any atom is -0.391 e. The van der Waals surface area contributed by atoms with E-state index in [1.165, 1.54) is 12.4 Å². The van der Waals surface area contributed by atoms with Crippen LogP contribution in [0.5, 0.6) is 0 Å². The summed E-state index contributed by atoms with van der Waals surface area (Å²) in [7, 11) is 0. The molecule has 0 aliphatic rings. The highest BCUT2D eigenvalue weighted by atomic mass is 16.3. The number of aliphatic hydroxyl groups excluding tert-OH is 1. The first-order chi connectivity index (χ1) is 10.6. The van der Waals surface area contributed by atoms with Crippen LogP contribution in [0.25, 0.3) is 11.4 Å². The van der Waals surface area contributed by atoms with Gasteiger partial charge < -0.3 is 10.4 Å². The van der Waals surface area contributed by atoms with Crippen molar-refractivity contribution >= 4 is 5.91 Å². The van der Waals surface area contributed by atoms with Crippen LogP contribution in [0.15, 0.2) is 42.7 Å². The summed E-state index contributed by atoms with van der Waals surface area (Å²) in [5.41, 5.74) is 1.29. The summed E-state index contributed by atoms with van der Waals surface area (Å²) in [5.74, 6) is 0.694. The zero-order valence-electron chi connectivity index (χ0n) is 12.9. The SMILES string of the molecule is CC(C)CC(O)CNC(=O)c1cnc(-c2ccccc2)nc1.